The maximum Gasteiger partial charge on any atom is 0.0944 e. The molecular formula is C13H20N2. The quantitative estimate of drug-likeness (QED) is 0.491. The molecule has 0 heterocycles. The Kier molecular flexibility index (Phi) is 5.14. The molecule has 0 aromatic heterocycles. The molecule has 0 bridgehead atoms. The zero-order valence-electron chi connectivity index (χ0n) is 9.74. The zero-order valence-corrected chi connectivity index (χ0v) is 9.74. The molecule has 0 radical (unpaired) electrons. The lowest BCUT2D eigenvalue weighted by atomic mass is 10.1. The van der Waals surface area contributed by atoms with Crippen LogP contribution in [-0.2, 0) is 0 Å². The summed E-state index contributed by atoms with van der Waals surface area (Å²) in [4.78, 5) is 2.23. The van der Waals surface area contributed by atoms with E-state index < -0.39 is 0 Å². The van der Waals surface area contributed by atoms with E-state index in [9.17, 15) is 0 Å². The molecule has 1 rings (SSSR count). The fraction of sp³-hybridized carbons (Fsp3) is 0.615. The third kappa shape index (κ3) is 5.39. The second kappa shape index (κ2) is 6.42. The summed E-state index contributed by atoms with van der Waals surface area (Å²) in [6, 6.07) is 2.30. The lowest BCUT2D eigenvalue weighted by Gasteiger charge is -2.13. The third-order valence-electron chi connectivity index (χ3n) is 2.62. The molecule has 2 heteroatoms. The van der Waals surface area contributed by atoms with Crippen LogP contribution in [0.15, 0.2) is 23.8 Å². The number of nitriles is 1. The van der Waals surface area contributed by atoms with Gasteiger partial charge in [0, 0.05) is 18.7 Å². The Balaban J connectivity index is 2.24. The Bertz CT molecular complexity index is 279. The van der Waals surface area contributed by atoms with Gasteiger partial charge in [0.05, 0.1) is 6.07 Å². The summed E-state index contributed by atoms with van der Waals surface area (Å²) in [6.07, 6.45) is 9.79. The molecule has 1 fully saturated rings. The minimum absolute atomic E-state index is 0.709. The van der Waals surface area contributed by atoms with Crippen molar-refractivity contribution in [3.63, 3.8) is 0 Å². The molecule has 1 aliphatic carbocycles. The Labute approximate surface area is 92.9 Å². The van der Waals surface area contributed by atoms with Crippen molar-refractivity contribution in [1.29, 1.82) is 5.26 Å². The second-order valence-electron chi connectivity index (χ2n) is 4.22. The van der Waals surface area contributed by atoms with Crippen LogP contribution in [0.5, 0.6) is 0 Å². The maximum atomic E-state index is 8.94. The molecule has 0 unspecified atom stereocenters. The van der Waals surface area contributed by atoms with Crippen LogP contribution in [0.25, 0.3) is 0 Å². The van der Waals surface area contributed by atoms with E-state index in [-0.39, 0.29) is 0 Å². The first-order chi connectivity index (χ1) is 7.26. The largest absolute Gasteiger partial charge is 0.302 e. The molecule has 15 heavy (non-hydrogen) atoms. The molecule has 1 aliphatic rings. The van der Waals surface area contributed by atoms with Crippen molar-refractivity contribution in [3.05, 3.63) is 23.8 Å². The van der Waals surface area contributed by atoms with Crippen LogP contribution < -0.4 is 0 Å². The molecule has 82 valence electrons. The van der Waals surface area contributed by atoms with E-state index in [1.807, 2.05) is 6.92 Å². The van der Waals surface area contributed by atoms with Gasteiger partial charge in [-0.3, -0.25) is 0 Å². The normalized spacial score (nSPS) is 17.3. The van der Waals surface area contributed by atoms with Gasteiger partial charge in [0.1, 0.15) is 0 Å². The Hall–Kier alpha value is -1.07. The fourth-order valence-electron chi connectivity index (χ4n) is 1.41. The molecule has 0 spiro atoms. The van der Waals surface area contributed by atoms with Gasteiger partial charge < -0.3 is 4.90 Å². The first kappa shape index (κ1) is 12.0. The lowest BCUT2D eigenvalue weighted by Crippen LogP contribution is -2.19. The van der Waals surface area contributed by atoms with Gasteiger partial charge in [-0.25, -0.2) is 0 Å². The van der Waals surface area contributed by atoms with Crippen molar-refractivity contribution in [3.8, 4) is 6.07 Å². The first-order valence-corrected chi connectivity index (χ1v) is 5.66. The lowest BCUT2D eigenvalue weighted by molar-refractivity contribution is 0.376. The number of nitrogens with zero attached hydrogens (tertiary/aromatic N) is 2. The average molecular weight is 204 g/mol. The summed E-state index contributed by atoms with van der Waals surface area (Å²) in [5, 5.41) is 8.94. The van der Waals surface area contributed by atoms with Gasteiger partial charge in [0.25, 0.3) is 0 Å². The SMILES string of the molecule is C/C=C/CN(C)CC/C(C#N)=C/C1CC1. The minimum Gasteiger partial charge on any atom is -0.302 e. The third-order valence-corrected chi connectivity index (χ3v) is 2.62. The highest BCUT2D eigenvalue weighted by Crippen LogP contribution is 2.31. The van der Waals surface area contributed by atoms with Crippen LogP contribution in [0.1, 0.15) is 26.2 Å². The predicted molar refractivity (Wildman–Crippen MR) is 63.3 cm³/mol. The summed E-state index contributed by atoms with van der Waals surface area (Å²) >= 11 is 0. The molecule has 2 nitrogen and oxygen atoms in total. The second-order valence-corrected chi connectivity index (χ2v) is 4.22. The average Bonchev–Trinajstić information content (AvgIpc) is 3.04. The molecule has 0 saturated heterocycles. The standard InChI is InChI=1S/C13H20N2/c1-3-4-8-15(2)9-7-13(11-14)10-12-5-6-12/h3-4,10,12H,5-9H2,1-2H3/b4-3+,13-10-. The number of hydrogen-bond donors (Lipinski definition) is 0. The van der Waals surface area contributed by atoms with Gasteiger partial charge >= 0.3 is 0 Å². The van der Waals surface area contributed by atoms with Gasteiger partial charge in [0.2, 0.25) is 0 Å². The fourth-order valence-corrected chi connectivity index (χ4v) is 1.41. The van der Waals surface area contributed by atoms with Crippen LogP contribution in [-0.4, -0.2) is 25.0 Å². The molecule has 0 atom stereocenters. The van der Waals surface area contributed by atoms with Crippen molar-refractivity contribution in [1.82, 2.24) is 4.90 Å². The van der Waals surface area contributed by atoms with E-state index in [4.69, 9.17) is 5.26 Å². The van der Waals surface area contributed by atoms with Crippen LogP contribution in [0.4, 0.5) is 0 Å². The van der Waals surface area contributed by atoms with Crippen molar-refractivity contribution < 1.29 is 0 Å². The van der Waals surface area contributed by atoms with Crippen molar-refractivity contribution >= 4 is 0 Å². The Morgan fingerprint density at radius 1 is 1.53 bits per heavy atom. The summed E-state index contributed by atoms with van der Waals surface area (Å²) in [5.74, 6) is 0.709. The van der Waals surface area contributed by atoms with E-state index in [1.165, 1.54) is 12.8 Å². The van der Waals surface area contributed by atoms with Crippen LogP contribution in [0, 0.1) is 17.2 Å². The number of allylic oxidation sites excluding steroid dienone is 2. The van der Waals surface area contributed by atoms with E-state index in [2.05, 4.69) is 36.2 Å². The Morgan fingerprint density at radius 3 is 2.80 bits per heavy atom. The smallest absolute Gasteiger partial charge is 0.0944 e. The van der Waals surface area contributed by atoms with Crippen molar-refractivity contribution in [2.24, 2.45) is 5.92 Å². The molecule has 0 aromatic rings. The molecule has 0 aliphatic heterocycles. The summed E-state index contributed by atoms with van der Waals surface area (Å²) in [7, 11) is 2.09. The number of likely N-dealkylation sites (N-methyl/N-ethyl adjacent to an activating group) is 1. The maximum absolute atomic E-state index is 8.94. The highest BCUT2D eigenvalue weighted by atomic mass is 15.1. The summed E-state index contributed by atoms with van der Waals surface area (Å²) in [6.45, 7) is 3.97. The number of hydrogen-bond acceptors (Lipinski definition) is 2. The topological polar surface area (TPSA) is 27.0 Å². The van der Waals surface area contributed by atoms with Gasteiger partial charge in [-0.2, -0.15) is 5.26 Å². The van der Waals surface area contributed by atoms with E-state index in [0.717, 1.165) is 25.1 Å². The van der Waals surface area contributed by atoms with E-state index >= 15 is 0 Å². The van der Waals surface area contributed by atoms with Crippen LogP contribution in [0.3, 0.4) is 0 Å². The molecule has 0 aromatic carbocycles. The van der Waals surface area contributed by atoms with Crippen LogP contribution in [0.2, 0.25) is 0 Å². The van der Waals surface area contributed by atoms with Crippen molar-refractivity contribution in [2.45, 2.75) is 26.2 Å². The van der Waals surface area contributed by atoms with Crippen LogP contribution >= 0.6 is 0 Å². The van der Waals surface area contributed by atoms with E-state index in [1.54, 1.807) is 0 Å². The van der Waals surface area contributed by atoms with Crippen molar-refractivity contribution in [2.75, 3.05) is 20.1 Å². The highest BCUT2D eigenvalue weighted by Gasteiger charge is 2.19. The molecule has 0 N–H and O–H groups in total. The molecule has 0 amide bonds. The van der Waals surface area contributed by atoms with Gasteiger partial charge in [-0.05, 0) is 39.2 Å². The number of rotatable bonds is 6. The molecule has 1 saturated carbocycles. The zero-order chi connectivity index (χ0) is 11.1. The highest BCUT2D eigenvalue weighted by molar-refractivity contribution is 5.23. The predicted octanol–water partition coefficient (Wildman–Crippen LogP) is 2.74. The summed E-state index contributed by atoms with van der Waals surface area (Å²) in [5.41, 5.74) is 0.963. The minimum atomic E-state index is 0.709. The monoisotopic (exact) mass is 204 g/mol. The first-order valence-electron chi connectivity index (χ1n) is 5.66. The van der Waals surface area contributed by atoms with Gasteiger partial charge in [-0.1, -0.05) is 18.2 Å². The Morgan fingerprint density at radius 2 is 2.27 bits per heavy atom. The molecular weight excluding hydrogens is 184 g/mol. The van der Waals surface area contributed by atoms with Gasteiger partial charge in [0.15, 0.2) is 0 Å². The van der Waals surface area contributed by atoms with E-state index in [0.29, 0.717) is 5.92 Å². The van der Waals surface area contributed by atoms with Gasteiger partial charge in [-0.15, -0.1) is 0 Å². The summed E-state index contributed by atoms with van der Waals surface area (Å²) < 4.78 is 0.